The van der Waals surface area contributed by atoms with E-state index in [9.17, 15) is 24.4 Å². The number of aryl methyl sites for hydroxylation is 3. The van der Waals surface area contributed by atoms with Crippen LogP contribution >= 0.6 is 0 Å². The van der Waals surface area contributed by atoms with Crippen molar-refractivity contribution in [3.05, 3.63) is 86.2 Å². The predicted molar refractivity (Wildman–Crippen MR) is 170 cm³/mol. The fraction of sp³-hybridized carbons (Fsp3) is 0.471. The van der Waals surface area contributed by atoms with Crippen LogP contribution < -0.4 is 11.1 Å². The third-order valence-electron chi connectivity index (χ3n) is 9.13. The fourth-order valence-electron chi connectivity index (χ4n) is 6.98. The Morgan fingerprint density at radius 1 is 1.04 bits per heavy atom. The predicted octanol–water partition coefficient (Wildman–Crippen LogP) is 2.09. The van der Waals surface area contributed by atoms with E-state index < -0.39 is 17.2 Å². The molecule has 1 N–H and O–H groups in total. The van der Waals surface area contributed by atoms with E-state index in [1.807, 2.05) is 31.2 Å². The van der Waals surface area contributed by atoms with Gasteiger partial charge in [0.25, 0.3) is 11.8 Å². The monoisotopic (exact) mass is 627 g/mol. The van der Waals surface area contributed by atoms with Gasteiger partial charge in [0.2, 0.25) is 5.91 Å². The Balaban J connectivity index is 1.67. The van der Waals surface area contributed by atoms with Crippen LogP contribution in [-0.2, 0) is 30.1 Å². The minimum atomic E-state index is -1.06. The van der Waals surface area contributed by atoms with Crippen molar-refractivity contribution in [1.29, 1.82) is 5.26 Å². The van der Waals surface area contributed by atoms with Gasteiger partial charge in [0, 0.05) is 59.0 Å². The quantitative estimate of drug-likeness (QED) is 0.400. The Kier molecular flexibility index (Phi) is 9.17. The van der Waals surface area contributed by atoms with E-state index in [-0.39, 0.29) is 30.3 Å². The number of carbonyl (C=O) groups is 3. The van der Waals surface area contributed by atoms with Crippen molar-refractivity contribution < 1.29 is 18.9 Å². The van der Waals surface area contributed by atoms with Crippen molar-refractivity contribution >= 4 is 17.7 Å². The van der Waals surface area contributed by atoms with Crippen LogP contribution in [0.1, 0.15) is 75.0 Å². The molecule has 1 aromatic heterocycles. The molecule has 1 saturated heterocycles. The fourth-order valence-corrected chi connectivity index (χ4v) is 6.98. The van der Waals surface area contributed by atoms with Gasteiger partial charge in [-0.05, 0) is 85.5 Å². The van der Waals surface area contributed by atoms with Gasteiger partial charge in [-0.25, -0.2) is 4.79 Å². The van der Waals surface area contributed by atoms with Crippen molar-refractivity contribution in [2.24, 2.45) is 7.05 Å². The number of aromatic nitrogens is 2. The van der Waals surface area contributed by atoms with Crippen molar-refractivity contribution in [1.82, 2.24) is 29.7 Å². The van der Waals surface area contributed by atoms with E-state index in [0.29, 0.717) is 49.2 Å². The van der Waals surface area contributed by atoms with Crippen LogP contribution in [0.5, 0.6) is 0 Å². The van der Waals surface area contributed by atoms with Gasteiger partial charge in [-0.1, -0.05) is 12.1 Å². The number of hydrogen-bond donors (Lipinski definition) is 1. The molecule has 2 aromatic carbocycles. The van der Waals surface area contributed by atoms with Gasteiger partial charge in [0.1, 0.15) is 6.04 Å². The SMILES string of the molecule is C[C@H](CC1(c2nc(=O)on2C)c2ccc(C(=O)N(C)C)cc2CCc2cc(C(=O)N(C)C)ccc21)NCC(=O)N1CCCC1C#N. The molecule has 46 heavy (non-hydrogen) atoms. The van der Waals surface area contributed by atoms with E-state index in [4.69, 9.17) is 4.52 Å². The first-order valence-corrected chi connectivity index (χ1v) is 15.5. The summed E-state index contributed by atoms with van der Waals surface area (Å²) in [5.74, 6) is -0.762. The summed E-state index contributed by atoms with van der Waals surface area (Å²) in [5.41, 5.74) is 3.57. The maximum atomic E-state index is 13.2. The molecule has 12 heteroatoms. The summed E-state index contributed by atoms with van der Waals surface area (Å²) in [7, 11) is 8.47. The molecule has 0 saturated carbocycles. The largest absolute Gasteiger partial charge is 0.459 e. The molecule has 12 nitrogen and oxygen atoms in total. The molecule has 2 heterocycles. The lowest BCUT2D eigenvalue weighted by atomic mass is 9.67. The van der Waals surface area contributed by atoms with Crippen molar-refractivity contribution in [2.75, 3.05) is 41.3 Å². The molecule has 1 fully saturated rings. The topological polar surface area (TPSA) is 145 Å². The summed E-state index contributed by atoms with van der Waals surface area (Å²) in [5, 5.41) is 12.9. The second kappa shape index (κ2) is 12.9. The van der Waals surface area contributed by atoms with E-state index in [2.05, 4.69) is 16.4 Å². The summed E-state index contributed by atoms with van der Waals surface area (Å²) in [6, 6.07) is 12.8. The highest BCUT2D eigenvalue weighted by atomic mass is 16.5. The Bertz CT molecular complexity index is 1690. The molecule has 0 bridgehead atoms. The zero-order chi connectivity index (χ0) is 33.3. The van der Waals surface area contributed by atoms with Crippen LogP contribution in [0.25, 0.3) is 0 Å². The van der Waals surface area contributed by atoms with Crippen molar-refractivity contribution in [3.8, 4) is 6.07 Å². The summed E-state index contributed by atoms with van der Waals surface area (Å²) in [6.45, 7) is 2.57. The minimum absolute atomic E-state index is 0.0411. The molecule has 242 valence electrons. The van der Waals surface area contributed by atoms with Crippen molar-refractivity contribution in [3.63, 3.8) is 0 Å². The van der Waals surface area contributed by atoms with Gasteiger partial charge in [-0.2, -0.15) is 15.0 Å². The molecule has 3 aromatic rings. The van der Waals surface area contributed by atoms with Crippen LogP contribution in [0.4, 0.5) is 0 Å². The number of fused-ring (bicyclic) bond motifs is 2. The first kappa shape index (κ1) is 32.6. The molecule has 0 radical (unpaired) electrons. The Labute approximate surface area is 268 Å². The van der Waals surface area contributed by atoms with Gasteiger partial charge >= 0.3 is 5.76 Å². The van der Waals surface area contributed by atoms with Crippen LogP contribution in [0.15, 0.2) is 45.7 Å². The lowest BCUT2D eigenvalue weighted by molar-refractivity contribution is -0.130. The maximum Gasteiger partial charge on any atom is 0.459 e. The first-order valence-electron chi connectivity index (χ1n) is 15.5. The molecule has 1 unspecified atom stereocenters. The molecule has 5 rings (SSSR count). The average molecular weight is 628 g/mol. The molecule has 2 atom stereocenters. The van der Waals surface area contributed by atoms with E-state index >= 15 is 0 Å². The Hall–Kier alpha value is -4.76. The number of nitrogens with one attached hydrogen (secondary N) is 1. The summed E-state index contributed by atoms with van der Waals surface area (Å²) >= 11 is 0. The number of carbonyl (C=O) groups excluding carboxylic acids is 3. The number of nitriles is 1. The minimum Gasteiger partial charge on any atom is -0.345 e. The lowest BCUT2D eigenvalue weighted by Gasteiger charge is -2.37. The molecule has 3 amide bonds. The number of rotatable bonds is 8. The second-order valence-corrected chi connectivity index (χ2v) is 12.7. The second-order valence-electron chi connectivity index (χ2n) is 12.7. The van der Waals surface area contributed by atoms with E-state index in [0.717, 1.165) is 28.7 Å². The van der Waals surface area contributed by atoms with Gasteiger partial charge < -0.3 is 24.5 Å². The van der Waals surface area contributed by atoms with Crippen LogP contribution in [0.2, 0.25) is 0 Å². The lowest BCUT2D eigenvalue weighted by Crippen LogP contribution is -2.46. The van der Waals surface area contributed by atoms with Crippen LogP contribution in [0.3, 0.4) is 0 Å². The van der Waals surface area contributed by atoms with Crippen molar-refractivity contribution in [2.45, 2.75) is 56.5 Å². The Morgan fingerprint density at radius 3 is 2.09 bits per heavy atom. The highest BCUT2D eigenvalue weighted by Crippen LogP contribution is 2.47. The van der Waals surface area contributed by atoms with Gasteiger partial charge in [-0.3, -0.25) is 14.4 Å². The zero-order valence-electron chi connectivity index (χ0n) is 27.3. The standard InChI is InChI=1S/C34H41N7O5/c1-21(36-20-29(42)41-15-7-8-26(41)19-35)18-34(32-37-33(45)46-40(32)6)27-13-11-24(30(43)38(2)3)16-22(27)9-10-23-17-25(12-14-28(23)34)31(44)39(4)5/h11-14,16-17,21,26,36H,7-10,15,18,20H2,1-6H3/t21-,26?/m1/s1. The van der Waals surface area contributed by atoms with E-state index in [1.165, 1.54) is 14.5 Å². The van der Waals surface area contributed by atoms with E-state index in [1.54, 1.807) is 52.3 Å². The van der Waals surface area contributed by atoms with Gasteiger partial charge in [-0.15, -0.1) is 0 Å². The molecular formula is C34H41N7O5. The Morgan fingerprint density at radius 2 is 1.61 bits per heavy atom. The third-order valence-corrected chi connectivity index (χ3v) is 9.13. The molecule has 0 spiro atoms. The van der Waals surface area contributed by atoms with Gasteiger partial charge in [0.05, 0.1) is 18.0 Å². The average Bonchev–Trinajstić information content (AvgIpc) is 3.62. The van der Waals surface area contributed by atoms with Crippen LogP contribution in [0, 0.1) is 11.3 Å². The number of nitrogens with zero attached hydrogens (tertiary/aromatic N) is 6. The summed E-state index contributed by atoms with van der Waals surface area (Å²) in [4.78, 5) is 61.0. The van der Waals surface area contributed by atoms with Crippen LogP contribution in [-0.4, -0.2) is 95.5 Å². The highest BCUT2D eigenvalue weighted by Gasteiger charge is 2.46. The summed E-state index contributed by atoms with van der Waals surface area (Å²) in [6.07, 6.45) is 2.99. The number of amides is 3. The maximum absolute atomic E-state index is 13.2. The number of likely N-dealkylation sites (tertiary alicyclic amines) is 1. The smallest absolute Gasteiger partial charge is 0.345 e. The number of hydrogen-bond acceptors (Lipinski definition) is 8. The third kappa shape index (κ3) is 5.95. The normalized spacial score (nSPS) is 17.3. The molecule has 2 aliphatic rings. The highest BCUT2D eigenvalue weighted by molar-refractivity contribution is 5.95. The summed E-state index contributed by atoms with van der Waals surface area (Å²) < 4.78 is 6.83. The molecular weight excluding hydrogens is 586 g/mol. The first-order chi connectivity index (χ1) is 21.9. The zero-order valence-corrected chi connectivity index (χ0v) is 27.3. The molecule has 1 aliphatic carbocycles. The van der Waals surface area contributed by atoms with Gasteiger partial charge in [0.15, 0.2) is 5.82 Å². The number of benzene rings is 2. The molecule has 1 aliphatic heterocycles.